The molecule has 4 N–H and O–H groups in total. The minimum atomic E-state index is -3.62. The molecule has 0 heterocycles. The number of hydrogen-bond acceptors (Lipinski definition) is 3. The number of nitrogens with two attached hydrogens (primary N) is 2. The smallest absolute Gasteiger partial charge is 0.280 e. The molecule has 0 saturated heterocycles. The molecule has 0 aliphatic rings. The number of rotatable bonds is 2. The van der Waals surface area contributed by atoms with Crippen LogP contribution in [0.5, 0.6) is 0 Å². The minimum Gasteiger partial charge on any atom is -0.370 e. The third-order valence-electron chi connectivity index (χ3n) is 1.87. The summed E-state index contributed by atoms with van der Waals surface area (Å²) in [5.74, 6) is -1.24. The Kier molecular flexibility index (Phi) is 4.20. The van der Waals surface area contributed by atoms with E-state index in [1.165, 1.54) is 6.07 Å². The Bertz CT molecular complexity index is 637. The Labute approximate surface area is 113 Å². The first-order valence-electron chi connectivity index (χ1n) is 4.46. The van der Waals surface area contributed by atoms with Crippen molar-refractivity contribution in [2.45, 2.75) is 4.90 Å². The van der Waals surface area contributed by atoms with E-state index in [-0.39, 0.29) is 20.5 Å². The van der Waals surface area contributed by atoms with Gasteiger partial charge >= 0.3 is 0 Å². The predicted molar refractivity (Wildman–Crippen MR) is 69.7 cm³/mol. The number of halogens is 2. The topological polar surface area (TPSA) is 116 Å². The SMILES string of the molecule is CS(=O)(=O)c1cc(C(=O)N=C(N)N)cc(Cl)c1Cl. The average molecular weight is 310 g/mol. The van der Waals surface area contributed by atoms with Crippen molar-refractivity contribution >= 4 is 44.9 Å². The van der Waals surface area contributed by atoms with Crippen LogP contribution >= 0.6 is 23.2 Å². The largest absolute Gasteiger partial charge is 0.370 e. The summed E-state index contributed by atoms with van der Waals surface area (Å²) < 4.78 is 22.9. The van der Waals surface area contributed by atoms with Gasteiger partial charge in [0.2, 0.25) is 0 Å². The molecule has 0 radical (unpaired) electrons. The molecule has 0 unspecified atom stereocenters. The Balaban J connectivity index is 3.48. The van der Waals surface area contributed by atoms with Crippen molar-refractivity contribution in [2.24, 2.45) is 16.5 Å². The third-order valence-corrected chi connectivity index (χ3v) is 3.91. The van der Waals surface area contributed by atoms with E-state index in [9.17, 15) is 13.2 Å². The van der Waals surface area contributed by atoms with E-state index in [1.54, 1.807) is 0 Å². The Morgan fingerprint density at radius 3 is 2.28 bits per heavy atom. The Morgan fingerprint density at radius 1 is 1.28 bits per heavy atom. The van der Waals surface area contributed by atoms with Crippen molar-refractivity contribution in [3.05, 3.63) is 27.7 Å². The normalized spacial score (nSPS) is 11.1. The molecule has 0 spiro atoms. The fraction of sp³-hybridized carbons (Fsp3) is 0.111. The summed E-state index contributed by atoms with van der Waals surface area (Å²) in [5, 5.41) is -0.228. The Hall–Kier alpha value is -1.31. The molecule has 1 amide bonds. The van der Waals surface area contributed by atoms with E-state index in [1.807, 2.05) is 0 Å². The van der Waals surface area contributed by atoms with Crippen molar-refractivity contribution in [1.29, 1.82) is 0 Å². The van der Waals surface area contributed by atoms with E-state index in [0.29, 0.717) is 0 Å². The van der Waals surface area contributed by atoms with Crippen LogP contribution < -0.4 is 11.5 Å². The quantitative estimate of drug-likeness (QED) is 0.619. The number of nitrogens with zero attached hydrogens (tertiary/aromatic N) is 1. The number of sulfone groups is 1. The van der Waals surface area contributed by atoms with Gasteiger partial charge in [-0.1, -0.05) is 23.2 Å². The number of hydrogen-bond donors (Lipinski definition) is 2. The van der Waals surface area contributed by atoms with Gasteiger partial charge in [0.05, 0.1) is 14.9 Å². The van der Waals surface area contributed by atoms with Crippen LogP contribution in [0.3, 0.4) is 0 Å². The highest BCUT2D eigenvalue weighted by molar-refractivity contribution is 7.90. The highest BCUT2D eigenvalue weighted by Crippen LogP contribution is 2.31. The summed E-state index contributed by atoms with van der Waals surface area (Å²) in [6.07, 6.45) is 0.944. The summed E-state index contributed by atoms with van der Waals surface area (Å²) in [7, 11) is -3.62. The lowest BCUT2D eigenvalue weighted by Gasteiger charge is -2.06. The molecule has 98 valence electrons. The Morgan fingerprint density at radius 2 is 1.83 bits per heavy atom. The number of amides is 1. The average Bonchev–Trinajstić information content (AvgIpc) is 2.18. The molecule has 0 bridgehead atoms. The molecule has 0 saturated carbocycles. The van der Waals surface area contributed by atoms with Gasteiger partial charge in [0.1, 0.15) is 0 Å². The zero-order valence-corrected chi connectivity index (χ0v) is 11.5. The number of benzene rings is 1. The molecule has 0 fully saturated rings. The van der Waals surface area contributed by atoms with Crippen LogP contribution in [0.4, 0.5) is 0 Å². The van der Waals surface area contributed by atoms with E-state index >= 15 is 0 Å². The van der Waals surface area contributed by atoms with Crippen LogP contribution in [-0.2, 0) is 9.84 Å². The molecule has 0 aromatic heterocycles. The molecule has 0 aliphatic heterocycles. The second kappa shape index (κ2) is 5.13. The van der Waals surface area contributed by atoms with Crippen LogP contribution in [0.2, 0.25) is 10.0 Å². The minimum absolute atomic E-state index is 0.0711. The molecule has 1 aromatic rings. The van der Waals surface area contributed by atoms with E-state index in [4.69, 9.17) is 34.7 Å². The van der Waals surface area contributed by atoms with Crippen LogP contribution in [0.25, 0.3) is 0 Å². The number of guanidine groups is 1. The highest BCUT2D eigenvalue weighted by Gasteiger charge is 2.19. The second-order valence-electron chi connectivity index (χ2n) is 3.38. The molecule has 9 heteroatoms. The van der Waals surface area contributed by atoms with Crippen molar-refractivity contribution in [1.82, 2.24) is 0 Å². The highest BCUT2D eigenvalue weighted by atomic mass is 35.5. The summed E-state index contributed by atoms with van der Waals surface area (Å²) >= 11 is 11.5. The van der Waals surface area contributed by atoms with Crippen molar-refractivity contribution in [3.8, 4) is 0 Å². The van der Waals surface area contributed by atoms with Gasteiger partial charge in [0, 0.05) is 11.8 Å². The maximum absolute atomic E-state index is 11.6. The number of carbonyl (C=O) groups is 1. The summed E-state index contributed by atoms with van der Waals surface area (Å²) in [5.41, 5.74) is 10.0. The lowest BCUT2D eigenvalue weighted by Crippen LogP contribution is -2.24. The van der Waals surface area contributed by atoms with Gasteiger partial charge < -0.3 is 11.5 Å². The first kappa shape index (κ1) is 14.7. The molecule has 0 atom stereocenters. The standard InChI is InChI=1S/C9H9Cl2N3O3S/c1-18(16,17)6-3-4(2-5(10)7(6)11)8(15)14-9(12)13/h2-3H,1H3,(H4,12,13,14,15). The fourth-order valence-electron chi connectivity index (χ4n) is 1.14. The molecule has 1 rings (SSSR count). The maximum atomic E-state index is 11.6. The monoisotopic (exact) mass is 309 g/mol. The zero-order valence-electron chi connectivity index (χ0n) is 9.15. The van der Waals surface area contributed by atoms with Gasteiger partial charge in [0.15, 0.2) is 15.8 Å². The molecule has 0 aliphatic carbocycles. The van der Waals surface area contributed by atoms with Gasteiger partial charge in [-0.2, -0.15) is 4.99 Å². The summed E-state index contributed by atoms with van der Waals surface area (Å²) in [6, 6.07) is 2.26. The van der Waals surface area contributed by atoms with Gasteiger partial charge in [-0.25, -0.2) is 8.42 Å². The zero-order chi connectivity index (χ0) is 14.1. The lowest BCUT2D eigenvalue weighted by atomic mass is 10.2. The second-order valence-corrected chi connectivity index (χ2v) is 6.15. The van der Waals surface area contributed by atoms with Crippen molar-refractivity contribution in [3.63, 3.8) is 0 Å². The molecular formula is C9H9Cl2N3O3S. The first-order valence-corrected chi connectivity index (χ1v) is 7.10. The van der Waals surface area contributed by atoms with Gasteiger partial charge in [-0.05, 0) is 12.1 Å². The maximum Gasteiger partial charge on any atom is 0.280 e. The van der Waals surface area contributed by atoms with E-state index in [2.05, 4.69) is 4.99 Å². The van der Waals surface area contributed by atoms with Gasteiger partial charge in [-0.15, -0.1) is 0 Å². The number of aliphatic imine (C=N–C) groups is 1. The van der Waals surface area contributed by atoms with Crippen molar-refractivity contribution in [2.75, 3.05) is 6.26 Å². The van der Waals surface area contributed by atoms with Crippen LogP contribution in [0.1, 0.15) is 10.4 Å². The number of carbonyl (C=O) groups excluding carboxylic acids is 1. The van der Waals surface area contributed by atoms with Crippen LogP contribution in [0, 0.1) is 0 Å². The van der Waals surface area contributed by atoms with Crippen LogP contribution in [0.15, 0.2) is 22.0 Å². The summed E-state index contributed by atoms with van der Waals surface area (Å²) in [4.78, 5) is 14.6. The third kappa shape index (κ3) is 3.34. The van der Waals surface area contributed by atoms with Crippen LogP contribution in [-0.4, -0.2) is 26.5 Å². The molecule has 18 heavy (non-hydrogen) atoms. The molecule has 6 nitrogen and oxygen atoms in total. The van der Waals surface area contributed by atoms with Crippen molar-refractivity contribution < 1.29 is 13.2 Å². The first-order chi connectivity index (χ1) is 8.12. The fourth-order valence-corrected chi connectivity index (χ4v) is 2.72. The predicted octanol–water partition coefficient (Wildman–Crippen LogP) is 0.811. The molecule has 1 aromatic carbocycles. The van der Waals surface area contributed by atoms with Gasteiger partial charge in [-0.3, -0.25) is 4.79 Å². The van der Waals surface area contributed by atoms with E-state index in [0.717, 1.165) is 12.3 Å². The molecular weight excluding hydrogens is 301 g/mol. The summed E-state index contributed by atoms with van der Waals surface area (Å²) in [6.45, 7) is 0. The van der Waals surface area contributed by atoms with E-state index < -0.39 is 21.7 Å². The van der Waals surface area contributed by atoms with Gasteiger partial charge in [0.25, 0.3) is 5.91 Å². The lowest BCUT2D eigenvalue weighted by molar-refractivity contribution is 0.100.